The van der Waals surface area contributed by atoms with Crippen LogP contribution in [0.1, 0.15) is 5.56 Å². The molecule has 0 saturated carbocycles. The van der Waals surface area contributed by atoms with Crippen LogP contribution >= 0.6 is 11.6 Å². The van der Waals surface area contributed by atoms with Crippen LogP contribution in [0.15, 0.2) is 36.4 Å². The molecule has 2 aromatic carbocycles. The van der Waals surface area contributed by atoms with Gasteiger partial charge < -0.3 is 14.4 Å². The first-order chi connectivity index (χ1) is 12.8. The van der Waals surface area contributed by atoms with Crippen molar-refractivity contribution < 1.29 is 27.4 Å². The van der Waals surface area contributed by atoms with E-state index in [4.69, 9.17) is 21.1 Å². The lowest BCUT2D eigenvalue weighted by Crippen LogP contribution is -2.44. The van der Waals surface area contributed by atoms with Crippen molar-refractivity contribution in [2.75, 3.05) is 37.3 Å². The fourth-order valence-corrected chi connectivity index (χ4v) is 3.14. The van der Waals surface area contributed by atoms with Crippen LogP contribution in [0.5, 0.6) is 5.75 Å². The fraction of sp³-hybridized carbons (Fsp3) is 0.278. The van der Waals surface area contributed by atoms with Gasteiger partial charge in [0.15, 0.2) is 0 Å². The zero-order valence-corrected chi connectivity index (χ0v) is 15.3. The second kappa shape index (κ2) is 7.28. The number of alkyl halides is 3. The van der Waals surface area contributed by atoms with Gasteiger partial charge in [-0.2, -0.15) is 13.2 Å². The Morgan fingerprint density at radius 2 is 1.81 bits per heavy atom. The number of nitrogens with zero attached hydrogens (tertiary/aromatic N) is 2. The number of benzene rings is 2. The molecule has 1 amide bonds. The number of halogens is 4. The molecule has 0 spiro atoms. The van der Waals surface area contributed by atoms with Crippen molar-refractivity contribution in [3.05, 3.63) is 47.0 Å². The van der Waals surface area contributed by atoms with Gasteiger partial charge in [-0.15, -0.1) is 0 Å². The average Bonchev–Trinajstić information content (AvgIpc) is 2.61. The minimum atomic E-state index is -4.51. The third-order valence-corrected chi connectivity index (χ3v) is 4.36. The number of amides is 1. The zero-order valence-electron chi connectivity index (χ0n) is 14.5. The molecule has 27 heavy (non-hydrogen) atoms. The molecule has 0 unspecified atom stereocenters. The summed E-state index contributed by atoms with van der Waals surface area (Å²) in [6, 6.07) is 7.93. The first-order valence-corrected chi connectivity index (χ1v) is 8.25. The van der Waals surface area contributed by atoms with E-state index >= 15 is 0 Å². The minimum Gasteiger partial charge on any atom is -0.495 e. The van der Waals surface area contributed by atoms with Gasteiger partial charge in [0, 0.05) is 12.1 Å². The number of hydrogen-bond acceptors (Lipinski definition) is 4. The van der Waals surface area contributed by atoms with Gasteiger partial charge in [0.25, 0.3) is 5.91 Å². The molecule has 0 N–H and O–H groups in total. The highest BCUT2D eigenvalue weighted by Crippen LogP contribution is 2.44. The van der Waals surface area contributed by atoms with E-state index < -0.39 is 11.7 Å². The van der Waals surface area contributed by atoms with E-state index in [-0.39, 0.29) is 30.6 Å². The van der Waals surface area contributed by atoms with Crippen LogP contribution in [-0.4, -0.2) is 33.4 Å². The van der Waals surface area contributed by atoms with Crippen LogP contribution in [0.25, 0.3) is 0 Å². The van der Waals surface area contributed by atoms with Gasteiger partial charge in [0.2, 0.25) is 0 Å². The molecule has 1 aliphatic rings. The van der Waals surface area contributed by atoms with Crippen LogP contribution in [0.3, 0.4) is 0 Å². The summed E-state index contributed by atoms with van der Waals surface area (Å²) in [6.45, 7) is -0.182. The maximum Gasteiger partial charge on any atom is 0.416 e. The Labute approximate surface area is 158 Å². The average molecular weight is 401 g/mol. The molecular formula is C18H16ClF3N2O3. The molecule has 0 bridgehead atoms. The van der Waals surface area contributed by atoms with Crippen molar-refractivity contribution in [2.45, 2.75) is 6.18 Å². The van der Waals surface area contributed by atoms with Gasteiger partial charge in [-0.3, -0.25) is 9.69 Å². The quantitative estimate of drug-likeness (QED) is 0.760. The van der Waals surface area contributed by atoms with Gasteiger partial charge in [-0.1, -0.05) is 11.6 Å². The van der Waals surface area contributed by atoms with Crippen LogP contribution < -0.4 is 14.5 Å². The number of ether oxygens (including phenoxy) is 2. The first kappa shape index (κ1) is 19.3. The summed E-state index contributed by atoms with van der Waals surface area (Å²) in [5.41, 5.74) is 0.0629. The summed E-state index contributed by atoms with van der Waals surface area (Å²) >= 11 is 6.06. The zero-order chi connectivity index (χ0) is 19.8. The van der Waals surface area contributed by atoms with Crippen molar-refractivity contribution in [1.29, 1.82) is 0 Å². The number of anilines is 3. The predicted molar refractivity (Wildman–Crippen MR) is 95.8 cm³/mol. The molecule has 9 heteroatoms. The molecule has 0 fully saturated rings. The van der Waals surface area contributed by atoms with Crippen LogP contribution in [0.4, 0.5) is 30.2 Å². The highest BCUT2D eigenvalue weighted by atomic mass is 35.5. The van der Waals surface area contributed by atoms with E-state index in [1.807, 2.05) is 0 Å². The van der Waals surface area contributed by atoms with Crippen molar-refractivity contribution in [2.24, 2.45) is 0 Å². The molecular weight excluding hydrogens is 385 g/mol. The maximum atomic E-state index is 13.2. The van der Waals surface area contributed by atoms with Gasteiger partial charge in [0.05, 0.1) is 29.7 Å². The smallest absolute Gasteiger partial charge is 0.416 e. The summed E-state index contributed by atoms with van der Waals surface area (Å²) in [5.74, 6) is 0.0265. The summed E-state index contributed by atoms with van der Waals surface area (Å²) in [5, 5.41) is 0.367. The Hall–Kier alpha value is -2.45. The van der Waals surface area contributed by atoms with E-state index in [9.17, 15) is 18.0 Å². The van der Waals surface area contributed by atoms with E-state index in [0.29, 0.717) is 16.5 Å². The number of methoxy groups -OCH3 is 2. The van der Waals surface area contributed by atoms with Crippen molar-refractivity contribution in [3.63, 3.8) is 0 Å². The second-order valence-electron chi connectivity index (χ2n) is 5.86. The number of rotatable bonds is 4. The molecule has 0 radical (unpaired) electrons. The predicted octanol–water partition coefficient (Wildman–Crippen LogP) is 4.46. The topological polar surface area (TPSA) is 42.0 Å². The van der Waals surface area contributed by atoms with Gasteiger partial charge in [-0.25, -0.2) is 0 Å². The van der Waals surface area contributed by atoms with Crippen molar-refractivity contribution in [3.8, 4) is 5.75 Å². The van der Waals surface area contributed by atoms with Gasteiger partial charge >= 0.3 is 6.18 Å². The number of carbonyl (C=O) groups excluding carboxylic acids is 1. The van der Waals surface area contributed by atoms with E-state index in [1.165, 1.54) is 36.2 Å². The van der Waals surface area contributed by atoms with Crippen molar-refractivity contribution >= 4 is 34.6 Å². The lowest BCUT2D eigenvalue weighted by molar-refractivity contribution is -0.137. The Kier molecular flexibility index (Phi) is 5.21. The molecule has 2 aromatic rings. The van der Waals surface area contributed by atoms with E-state index in [2.05, 4.69) is 0 Å². The SMILES string of the molecule is COCN1CC(=O)N(c2cc(Cl)ccc2OC)c2ccc(C(F)(F)F)cc21. The second-order valence-corrected chi connectivity index (χ2v) is 6.30. The molecule has 1 heterocycles. The first-order valence-electron chi connectivity index (χ1n) is 7.88. The summed E-state index contributed by atoms with van der Waals surface area (Å²) < 4.78 is 49.9. The summed E-state index contributed by atoms with van der Waals surface area (Å²) in [4.78, 5) is 15.6. The highest BCUT2D eigenvalue weighted by Gasteiger charge is 2.36. The Morgan fingerprint density at radius 1 is 1.07 bits per heavy atom. The highest BCUT2D eigenvalue weighted by molar-refractivity contribution is 6.31. The largest absolute Gasteiger partial charge is 0.495 e. The standard InChI is InChI=1S/C18H16ClF3N2O3/c1-26-10-23-9-17(25)24(15-8-12(19)4-6-16(15)27-2)13-5-3-11(7-14(13)23)18(20,21)22/h3-8H,9-10H2,1-2H3. The van der Waals surface area contributed by atoms with E-state index in [1.54, 1.807) is 12.1 Å². The molecule has 144 valence electrons. The van der Waals surface area contributed by atoms with Gasteiger partial charge in [0.1, 0.15) is 19.0 Å². The Morgan fingerprint density at radius 3 is 2.44 bits per heavy atom. The Bertz CT molecular complexity index is 873. The lowest BCUT2D eigenvalue weighted by atomic mass is 10.1. The van der Waals surface area contributed by atoms with Crippen LogP contribution in [-0.2, 0) is 15.7 Å². The van der Waals surface area contributed by atoms with Crippen molar-refractivity contribution in [1.82, 2.24) is 0 Å². The molecule has 0 atom stereocenters. The molecule has 1 aliphatic heterocycles. The normalized spacial score (nSPS) is 14.4. The summed E-state index contributed by atoms with van der Waals surface area (Å²) in [6.07, 6.45) is -4.51. The van der Waals surface area contributed by atoms with E-state index in [0.717, 1.165) is 12.1 Å². The number of fused-ring (bicyclic) bond motifs is 1. The molecule has 3 rings (SSSR count). The summed E-state index contributed by atoms with van der Waals surface area (Å²) in [7, 11) is 2.84. The number of carbonyl (C=O) groups is 1. The lowest BCUT2D eigenvalue weighted by Gasteiger charge is -2.37. The number of hydrogen-bond donors (Lipinski definition) is 0. The molecule has 5 nitrogen and oxygen atoms in total. The maximum absolute atomic E-state index is 13.2. The van der Waals surface area contributed by atoms with Crippen LogP contribution in [0.2, 0.25) is 5.02 Å². The monoisotopic (exact) mass is 400 g/mol. The third kappa shape index (κ3) is 3.68. The fourth-order valence-electron chi connectivity index (χ4n) is 2.97. The molecule has 0 saturated heterocycles. The molecule has 0 aliphatic carbocycles. The van der Waals surface area contributed by atoms with Crippen LogP contribution in [0, 0.1) is 0 Å². The Balaban J connectivity index is 2.20. The third-order valence-electron chi connectivity index (χ3n) is 4.13. The van der Waals surface area contributed by atoms with Gasteiger partial charge in [-0.05, 0) is 36.4 Å². The molecule has 0 aromatic heterocycles. The minimum absolute atomic E-state index is 0.0272.